The molecule has 0 heterocycles. The first-order valence-corrected chi connectivity index (χ1v) is 15.4. The van der Waals surface area contributed by atoms with E-state index < -0.39 is 13.9 Å². The standard InChI is InChI=1S/C14H16Br2OSi2/c1-18(15,13-9-5-3-6-10-13)17-19(2,16)14-11-7-4-8-12-14/h3-12H,1-2H3/t18-,19-/m0/s1. The van der Waals surface area contributed by atoms with E-state index in [2.05, 4.69) is 92.2 Å². The Kier molecular flexibility index (Phi) is 4.84. The van der Waals surface area contributed by atoms with E-state index in [0.717, 1.165) is 0 Å². The Morgan fingerprint density at radius 3 is 1.32 bits per heavy atom. The highest BCUT2D eigenvalue weighted by Crippen LogP contribution is 2.24. The molecule has 0 saturated heterocycles. The highest BCUT2D eigenvalue weighted by Gasteiger charge is 2.39. The van der Waals surface area contributed by atoms with Crippen LogP contribution in [0.25, 0.3) is 0 Å². The summed E-state index contributed by atoms with van der Waals surface area (Å²) in [6.07, 6.45) is 0. The van der Waals surface area contributed by atoms with E-state index in [1.165, 1.54) is 10.4 Å². The molecule has 100 valence electrons. The maximum absolute atomic E-state index is 6.51. The average Bonchev–Trinajstić information content (AvgIpc) is 2.40. The molecule has 0 unspecified atom stereocenters. The van der Waals surface area contributed by atoms with Crippen molar-refractivity contribution in [1.82, 2.24) is 0 Å². The lowest BCUT2D eigenvalue weighted by Gasteiger charge is -2.31. The lowest BCUT2D eigenvalue weighted by Crippen LogP contribution is -2.54. The van der Waals surface area contributed by atoms with Gasteiger partial charge in [-0.05, 0) is 23.5 Å². The van der Waals surface area contributed by atoms with Gasteiger partial charge < -0.3 is 4.12 Å². The van der Waals surface area contributed by atoms with Crippen LogP contribution in [0.2, 0.25) is 13.1 Å². The topological polar surface area (TPSA) is 9.23 Å². The molecule has 0 N–H and O–H groups in total. The van der Waals surface area contributed by atoms with Crippen LogP contribution in [0.3, 0.4) is 0 Å². The Hall–Kier alpha value is -0.206. The van der Waals surface area contributed by atoms with Gasteiger partial charge in [-0.1, -0.05) is 91.2 Å². The molecule has 0 aliphatic rings. The van der Waals surface area contributed by atoms with Crippen molar-refractivity contribution in [2.75, 3.05) is 0 Å². The summed E-state index contributed by atoms with van der Waals surface area (Å²) < 4.78 is 6.51. The lowest BCUT2D eigenvalue weighted by molar-refractivity contribution is 0.609. The summed E-state index contributed by atoms with van der Waals surface area (Å²) in [5.41, 5.74) is 0. The van der Waals surface area contributed by atoms with Crippen molar-refractivity contribution in [3.63, 3.8) is 0 Å². The fourth-order valence-corrected chi connectivity index (χ4v) is 16.7. The summed E-state index contributed by atoms with van der Waals surface area (Å²) in [4.78, 5) is 0. The monoisotopic (exact) mass is 414 g/mol. The highest BCUT2D eigenvalue weighted by atomic mass is 79.9. The second-order valence-electron chi connectivity index (χ2n) is 4.67. The van der Waals surface area contributed by atoms with Crippen LogP contribution in [-0.4, -0.2) is 13.9 Å². The molecule has 2 aromatic carbocycles. The zero-order valence-electron chi connectivity index (χ0n) is 10.9. The maximum atomic E-state index is 6.51. The molecular formula is C14H16Br2OSi2. The molecule has 0 aliphatic heterocycles. The van der Waals surface area contributed by atoms with Crippen LogP contribution < -0.4 is 10.4 Å². The molecule has 2 rings (SSSR count). The summed E-state index contributed by atoms with van der Waals surface area (Å²) in [5, 5.41) is 2.51. The van der Waals surface area contributed by atoms with Crippen LogP contribution in [-0.2, 0) is 4.12 Å². The fourth-order valence-electron chi connectivity index (χ4n) is 1.95. The average molecular weight is 416 g/mol. The Balaban J connectivity index is 2.25. The van der Waals surface area contributed by atoms with Crippen LogP contribution in [0.5, 0.6) is 0 Å². The molecule has 0 bridgehead atoms. The van der Waals surface area contributed by atoms with Gasteiger partial charge >= 0.3 is 0 Å². The third-order valence-corrected chi connectivity index (χ3v) is 14.4. The molecule has 1 nitrogen and oxygen atoms in total. The molecule has 0 amide bonds. The molecule has 2 aromatic rings. The van der Waals surface area contributed by atoms with Crippen molar-refractivity contribution >= 4 is 54.8 Å². The van der Waals surface area contributed by atoms with Crippen LogP contribution in [0, 0.1) is 0 Å². The van der Waals surface area contributed by atoms with E-state index >= 15 is 0 Å². The van der Waals surface area contributed by atoms with Gasteiger partial charge in [-0.3, -0.25) is 0 Å². The molecule has 19 heavy (non-hydrogen) atoms. The van der Waals surface area contributed by atoms with Crippen LogP contribution in [0.15, 0.2) is 60.7 Å². The number of rotatable bonds is 4. The van der Waals surface area contributed by atoms with Crippen LogP contribution in [0.1, 0.15) is 0 Å². The number of benzene rings is 2. The Morgan fingerprint density at radius 2 is 1.00 bits per heavy atom. The van der Waals surface area contributed by atoms with Crippen LogP contribution in [0.4, 0.5) is 0 Å². The highest BCUT2D eigenvalue weighted by molar-refractivity contribution is 9.27. The summed E-state index contributed by atoms with van der Waals surface area (Å²) in [7, 11) is 0. The third kappa shape index (κ3) is 3.89. The summed E-state index contributed by atoms with van der Waals surface area (Å²) >= 11 is 7.69. The van der Waals surface area contributed by atoms with Gasteiger partial charge in [-0.2, -0.15) is 0 Å². The SMILES string of the molecule is C[Si@](Br)(O[Si@](C)(Br)c1ccccc1)c1ccccc1. The van der Waals surface area contributed by atoms with E-state index in [1.54, 1.807) is 0 Å². The lowest BCUT2D eigenvalue weighted by atomic mass is 10.4. The Morgan fingerprint density at radius 1 is 0.684 bits per heavy atom. The van der Waals surface area contributed by atoms with Gasteiger partial charge in [0.2, 0.25) is 0 Å². The molecule has 0 aliphatic carbocycles. The molecule has 0 fully saturated rings. The predicted octanol–water partition coefficient (Wildman–Crippen LogP) is 3.75. The van der Waals surface area contributed by atoms with Gasteiger partial charge in [-0.25, -0.2) is 0 Å². The minimum absolute atomic E-state index is 1.25. The first-order valence-electron chi connectivity index (χ1n) is 6.11. The van der Waals surface area contributed by atoms with E-state index in [9.17, 15) is 0 Å². The molecular weight excluding hydrogens is 400 g/mol. The van der Waals surface area contributed by atoms with E-state index in [-0.39, 0.29) is 0 Å². The second-order valence-corrected chi connectivity index (χ2v) is 19.4. The van der Waals surface area contributed by atoms with Gasteiger partial charge in [-0.15, -0.1) is 0 Å². The summed E-state index contributed by atoms with van der Waals surface area (Å²) in [6, 6.07) is 20.8. The first-order chi connectivity index (χ1) is 8.92. The minimum atomic E-state index is -2.07. The number of halogens is 2. The van der Waals surface area contributed by atoms with Gasteiger partial charge in [0, 0.05) is 0 Å². The fraction of sp³-hybridized carbons (Fsp3) is 0.143. The van der Waals surface area contributed by atoms with Crippen molar-refractivity contribution in [3.8, 4) is 0 Å². The maximum Gasteiger partial charge on any atom is 0.283 e. The normalized spacial score (nSPS) is 17.5. The first kappa shape index (κ1) is 15.2. The Labute approximate surface area is 132 Å². The zero-order chi connectivity index (χ0) is 13.9. The molecule has 0 radical (unpaired) electrons. The molecule has 0 saturated carbocycles. The van der Waals surface area contributed by atoms with Crippen LogP contribution >= 0.6 is 30.6 Å². The van der Waals surface area contributed by atoms with Gasteiger partial charge in [0.1, 0.15) is 0 Å². The summed E-state index contributed by atoms with van der Waals surface area (Å²) in [5.74, 6) is 0. The second kappa shape index (κ2) is 6.05. The Bertz CT molecular complexity index is 480. The number of hydrogen-bond acceptors (Lipinski definition) is 1. The zero-order valence-corrected chi connectivity index (χ0v) is 16.1. The predicted molar refractivity (Wildman–Crippen MR) is 94.3 cm³/mol. The van der Waals surface area contributed by atoms with Crippen molar-refractivity contribution in [1.29, 1.82) is 0 Å². The molecule has 2 atom stereocenters. The van der Waals surface area contributed by atoms with Crippen molar-refractivity contribution in [2.24, 2.45) is 0 Å². The third-order valence-electron chi connectivity index (χ3n) is 2.96. The largest absolute Gasteiger partial charge is 0.433 e. The van der Waals surface area contributed by atoms with Crippen molar-refractivity contribution in [3.05, 3.63) is 60.7 Å². The van der Waals surface area contributed by atoms with Gasteiger partial charge in [0.25, 0.3) is 13.9 Å². The quantitative estimate of drug-likeness (QED) is 0.545. The van der Waals surface area contributed by atoms with E-state index in [0.29, 0.717) is 0 Å². The molecule has 0 aromatic heterocycles. The number of hydrogen-bond donors (Lipinski definition) is 0. The minimum Gasteiger partial charge on any atom is -0.433 e. The summed E-state index contributed by atoms with van der Waals surface area (Å²) in [6.45, 7) is 0.216. The van der Waals surface area contributed by atoms with Crippen molar-refractivity contribution < 1.29 is 4.12 Å². The van der Waals surface area contributed by atoms with Gasteiger partial charge in [0.05, 0.1) is 0 Å². The molecule has 0 spiro atoms. The van der Waals surface area contributed by atoms with E-state index in [4.69, 9.17) is 4.12 Å². The smallest absolute Gasteiger partial charge is 0.283 e. The molecule has 5 heteroatoms. The van der Waals surface area contributed by atoms with E-state index in [1.807, 2.05) is 12.1 Å². The van der Waals surface area contributed by atoms with Crippen molar-refractivity contribution in [2.45, 2.75) is 13.1 Å². The van der Waals surface area contributed by atoms with Gasteiger partial charge in [0.15, 0.2) is 0 Å².